The summed E-state index contributed by atoms with van der Waals surface area (Å²) in [6.45, 7) is 3.77. The summed E-state index contributed by atoms with van der Waals surface area (Å²) in [4.78, 5) is 0. The van der Waals surface area contributed by atoms with Crippen molar-refractivity contribution in [1.29, 1.82) is 0 Å². The first-order valence-electron chi connectivity index (χ1n) is 6.71. The zero-order valence-electron chi connectivity index (χ0n) is 11.3. The van der Waals surface area contributed by atoms with Gasteiger partial charge in [-0.05, 0) is 12.0 Å². The van der Waals surface area contributed by atoms with Gasteiger partial charge in [0, 0.05) is 24.3 Å². The Bertz CT molecular complexity index is 477. The zero-order valence-corrected chi connectivity index (χ0v) is 11.3. The van der Waals surface area contributed by atoms with Crippen LogP contribution in [0.3, 0.4) is 0 Å². The molecule has 4 nitrogen and oxygen atoms in total. The maximum Gasteiger partial charge on any atom is 0.0659 e. The number of nitrogens with zero attached hydrogens (tertiary/aromatic N) is 2. The maximum atomic E-state index is 9.12. The van der Waals surface area contributed by atoms with Crippen LogP contribution in [-0.4, -0.2) is 27.5 Å². The van der Waals surface area contributed by atoms with Crippen molar-refractivity contribution < 1.29 is 5.11 Å². The molecule has 2 N–H and O–H groups in total. The third-order valence-corrected chi connectivity index (χ3v) is 3.18. The summed E-state index contributed by atoms with van der Waals surface area (Å²) in [6.07, 6.45) is 4.85. The molecule has 2 aromatic rings. The predicted molar refractivity (Wildman–Crippen MR) is 75.8 cm³/mol. The topological polar surface area (TPSA) is 50.1 Å². The van der Waals surface area contributed by atoms with Gasteiger partial charge in [-0.3, -0.25) is 4.68 Å². The number of aliphatic hydroxyl groups is 1. The number of rotatable bonds is 7. The second-order valence-corrected chi connectivity index (χ2v) is 4.70. The Labute approximate surface area is 114 Å². The highest BCUT2D eigenvalue weighted by molar-refractivity contribution is 5.15. The fourth-order valence-corrected chi connectivity index (χ4v) is 1.95. The summed E-state index contributed by atoms with van der Waals surface area (Å²) in [5.74, 6) is 0. The Kier molecular flexibility index (Phi) is 5.12. The normalized spacial score (nSPS) is 12.5. The van der Waals surface area contributed by atoms with Crippen LogP contribution in [-0.2, 0) is 13.1 Å². The molecule has 0 saturated heterocycles. The highest BCUT2D eigenvalue weighted by Gasteiger charge is 2.05. The minimum absolute atomic E-state index is 0.164. The molecular formula is C15H21N3O. The number of nitrogens with one attached hydrogen (secondary N) is 1. The van der Waals surface area contributed by atoms with E-state index in [1.165, 1.54) is 5.56 Å². The molecule has 0 amide bonds. The Morgan fingerprint density at radius 2 is 2.05 bits per heavy atom. The molecule has 0 bridgehead atoms. The largest absolute Gasteiger partial charge is 0.395 e. The second-order valence-electron chi connectivity index (χ2n) is 4.70. The SMILES string of the molecule is CCC(CO)NCc1cnn(Cc2ccccc2)c1. The van der Waals surface area contributed by atoms with Crippen molar-refractivity contribution >= 4 is 0 Å². The molecule has 0 aliphatic heterocycles. The average molecular weight is 259 g/mol. The van der Waals surface area contributed by atoms with E-state index >= 15 is 0 Å². The molecule has 0 spiro atoms. The van der Waals surface area contributed by atoms with Crippen molar-refractivity contribution in [2.24, 2.45) is 0 Å². The molecule has 0 fully saturated rings. The van der Waals surface area contributed by atoms with Gasteiger partial charge in [-0.25, -0.2) is 0 Å². The lowest BCUT2D eigenvalue weighted by Crippen LogP contribution is -2.31. The van der Waals surface area contributed by atoms with E-state index in [0.29, 0.717) is 0 Å². The monoisotopic (exact) mass is 259 g/mol. The van der Waals surface area contributed by atoms with E-state index in [9.17, 15) is 0 Å². The summed E-state index contributed by atoms with van der Waals surface area (Å²) in [5.41, 5.74) is 2.38. The maximum absolute atomic E-state index is 9.12. The van der Waals surface area contributed by atoms with E-state index in [1.54, 1.807) is 0 Å². The fourth-order valence-electron chi connectivity index (χ4n) is 1.95. The molecule has 1 heterocycles. The number of aromatic nitrogens is 2. The van der Waals surface area contributed by atoms with Crippen molar-refractivity contribution in [2.45, 2.75) is 32.5 Å². The van der Waals surface area contributed by atoms with E-state index in [0.717, 1.165) is 25.1 Å². The minimum Gasteiger partial charge on any atom is -0.395 e. The van der Waals surface area contributed by atoms with Gasteiger partial charge < -0.3 is 10.4 Å². The average Bonchev–Trinajstić information content (AvgIpc) is 2.89. The summed E-state index contributed by atoms with van der Waals surface area (Å²) < 4.78 is 1.94. The Morgan fingerprint density at radius 1 is 1.26 bits per heavy atom. The predicted octanol–water partition coefficient (Wildman–Crippen LogP) is 1.79. The van der Waals surface area contributed by atoms with Gasteiger partial charge >= 0.3 is 0 Å². The van der Waals surface area contributed by atoms with Gasteiger partial charge in [0.15, 0.2) is 0 Å². The van der Waals surface area contributed by atoms with Crippen molar-refractivity contribution in [3.05, 3.63) is 53.9 Å². The molecule has 1 aromatic heterocycles. The molecule has 102 valence electrons. The van der Waals surface area contributed by atoms with E-state index in [-0.39, 0.29) is 12.6 Å². The third-order valence-electron chi connectivity index (χ3n) is 3.18. The Morgan fingerprint density at radius 3 is 2.74 bits per heavy atom. The van der Waals surface area contributed by atoms with Crippen LogP contribution in [0.4, 0.5) is 0 Å². The quantitative estimate of drug-likeness (QED) is 0.797. The summed E-state index contributed by atoms with van der Waals surface area (Å²) in [6, 6.07) is 10.4. The van der Waals surface area contributed by atoms with Crippen LogP contribution in [0, 0.1) is 0 Å². The van der Waals surface area contributed by atoms with Gasteiger partial charge in [-0.1, -0.05) is 37.3 Å². The van der Waals surface area contributed by atoms with Crippen LogP contribution in [0.2, 0.25) is 0 Å². The van der Waals surface area contributed by atoms with E-state index < -0.39 is 0 Å². The summed E-state index contributed by atoms with van der Waals surface area (Å²) >= 11 is 0. The van der Waals surface area contributed by atoms with Gasteiger partial charge in [-0.15, -0.1) is 0 Å². The van der Waals surface area contributed by atoms with Crippen molar-refractivity contribution in [1.82, 2.24) is 15.1 Å². The van der Waals surface area contributed by atoms with Crippen LogP contribution < -0.4 is 5.32 Å². The third kappa shape index (κ3) is 4.19. The van der Waals surface area contributed by atoms with Crippen LogP contribution >= 0.6 is 0 Å². The first kappa shape index (κ1) is 13.8. The van der Waals surface area contributed by atoms with Crippen molar-refractivity contribution in [3.8, 4) is 0 Å². The summed E-state index contributed by atoms with van der Waals surface area (Å²) in [7, 11) is 0. The molecule has 1 aromatic carbocycles. The molecule has 0 saturated carbocycles. The van der Waals surface area contributed by atoms with Crippen LogP contribution in [0.15, 0.2) is 42.7 Å². The van der Waals surface area contributed by atoms with Gasteiger partial charge in [0.05, 0.1) is 19.3 Å². The molecular weight excluding hydrogens is 238 g/mol. The lowest BCUT2D eigenvalue weighted by Gasteiger charge is -2.12. The van der Waals surface area contributed by atoms with Crippen molar-refractivity contribution in [2.75, 3.05) is 6.61 Å². The smallest absolute Gasteiger partial charge is 0.0659 e. The van der Waals surface area contributed by atoms with E-state index in [2.05, 4.69) is 29.5 Å². The molecule has 0 aliphatic rings. The van der Waals surface area contributed by atoms with E-state index in [1.807, 2.05) is 35.3 Å². The number of benzene rings is 1. The lowest BCUT2D eigenvalue weighted by molar-refractivity contribution is 0.238. The van der Waals surface area contributed by atoms with Gasteiger partial charge in [-0.2, -0.15) is 5.10 Å². The molecule has 1 atom stereocenters. The van der Waals surface area contributed by atoms with Gasteiger partial charge in [0.2, 0.25) is 0 Å². The zero-order chi connectivity index (χ0) is 13.5. The number of hydrogen-bond donors (Lipinski definition) is 2. The van der Waals surface area contributed by atoms with Crippen LogP contribution in [0.5, 0.6) is 0 Å². The van der Waals surface area contributed by atoms with Gasteiger partial charge in [0.25, 0.3) is 0 Å². The molecule has 19 heavy (non-hydrogen) atoms. The van der Waals surface area contributed by atoms with Crippen LogP contribution in [0.25, 0.3) is 0 Å². The van der Waals surface area contributed by atoms with Gasteiger partial charge in [0.1, 0.15) is 0 Å². The fraction of sp³-hybridized carbons (Fsp3) is 0.400. The Balaban J connectivity index is 1.88. The molecule has 1 unspecified atom stereocenters. The molecule has 2 rings (SSSR count). The number of aliphatic hydroxyl groups excluding tert-OH is 1. The molecule has 4 heteroatoms. The first-order valence-corrected chi connectivity index (χ1v) is 6.71. The Hall–Kier alpha value is -1.65. The second kappa shape index (κ2) is 7.07. The molecule has 0 radical (unpaired) electrons. The highest BCUT2D eigenvalue weighted by Crippen LogP contribution is 2.04. The standard InChI is InChI=1S/C15H21N3O/c1-2-15(12-19)16-8-14-9-17-18(11-14)10-13-6-4-3-5-7-13/h3-7,9,11,15-16,19H,2,8,10,12H2,1H3. The number of hydrogen-bond acceptors (Lipinski definition) is 3. The molecule has 0 aliphatic carbocycles. The van der Waals surface area contributed by atoms with Crippen molar-refractivity contribution in [3.63, 3.8) is 0 Å². The van der Waals surface area contributed by atoms with E-state index in [4.69, 9.17) is 5.11 Å². The highest BCUT2D eigenvalue weighted by atomic mass is 16.3. The lowest BCUT2D eigenvalue weighted by atomic mass is 10.2. The van der Waals surface area contributed by atoms with Crippen LogP contribution in [0.1, 0.15) is 24.5 Å². The summed E-state index contributed by atoms with van der Waals surface area (Å²) in [5, 5.41) is 16.8. The minimum atomic E-state index is 0.164. The first-order chi connectivity index (χ1) is 9.31.